The van der Waals surface area contributed by atoms with Gasteiger partial charge in [-0.15, -0.1) is 0 Å². The molecule has 0 aliphatic heterocycles. The first-order valence-corrected chi connectivity index (χ1v) is 8.60. The van der Waals surface area contributed by atoms with Crippen LogP contribution in [0.4, 0.5) is 0 Å². The third-order valence-corrected chi connectivity index (χ3v) is 4.47. The van der Waals surface area contributed by atoms with Gasteiger partial charge in [-0.25, -0.2) is 8.42 Å². The summed E-state index contributed by atoms with van der Waals surface area (Å²) in [5, 5.41) is 0. The molecule has 22 heavy (non-hydrogen) atoms. The predicted octanol–water partition coefficient (Wildman–Crippen LogP) is 3.21. The van der Waals surface area contributed by atoms with Crippen molar-refractivity contribution in [3.05, 3.63) is 67.1 Å². The largest absolute Gasteiger partial charge is 0.264 e. The molecule has 0 saturated carbocycles. The second kappa shape index (κ2) is 5.69. The second-order valence-corrected chi connectivity index (χ2v) is 6.99. The van der Waals surface area contributed by atoms with Crippen LogP contribution in [0.3, 0.4) is 0 Å². The number of hydrogen-bond acceptors (Lipinski definition) is 4. The lowest BCUT2D eigenvalue weighted by molar-refractivity contribution is 0.602. The van der Waals surface area contributed by atoms with Gasteiger partial charge in [0.1, 0.15) is 0 Å². The van der Waals surface area contributed by atoms with Crippen molar-refractivity contribution < 1.29 is 8.42 Å². The van der Waals surface area contributed by atoms with Crippen LogP contribution in [-0.4, -0.2) is 24.6 Å². The Bertz CT molecular complexity index is 872. The van der Waals surface area contributed by atoms with E-state index < -0.39 is 9.84 Å². The Kier molecular flexibility index (Phi) is 3.73. The third kappa shape index (κ3) is 3.04. The van der Waals surface area contributed by atoms with E-state index in [-0.39, 0.29) is 0 Å². The summed E-state index contributed by atoms with van der Waals surface area (Å²) in [7, 11) is -3.17. The van der Waals surface area contributed by atoms with Gasteiger partial charge in [0.2, 0.25) is 0 Å². The van der Waals surface area contributed by atoms with Crippen LogP contribution < -0.4 is 0 Å². The van der Waals surface area contributed by atoms with Crippen LogP contribution in [0, 0.1) is 0 Å². The van der Waals surface area contributed by atoms with Crippen molar-refractivity contribution in [3.63, 3.8) is 0 Å². The minimum Gasteiger partial charge on any atom is -0.264 e. The summed E-state index contributed by atoms with van der Waals surface area (Å²) >= 11 is 0. The van der Waals surface area contributed by atoms with Crippen LogP contribution in [0.25, 0.3) is 22.4 Å². The molecule has 2 aromatic heterocycles. The zero-order chi connectivity index (χ0) is 15.6. The van der Waals surface area contributed by atoms with Crippen molar-refractivity contribution >= 4 is 9.84 Å². The summed E-state index contributed by atoms with van der Waals surface area (Å²) < 4.78 is 22.9. The Morgan fingerprint density at radius 1 is 0.818 bits per heavy atom. The minimum atomic E-state index is -3.17. The maximum absolute atomic E-state index is 11.5. The fourth-order valence-corrected chi connectivity index (χ4v) is 2.77. The molecule has 1 aromatic carbocycles. The van der Waals surface area contributed by atoms with E-state index in [0.717, 1.165) is 22.4 Å². The topological polar surface area (TPSA) is 59.9 Å². The smallest absolute Gasteiger partial charge is 0.175 e. The molecular formula is C17H14N2O2S. The Morgan fingerprint density at radius 3 is 2.09 bits per heavy atom. The van der Waals surface area contributed by atoms with Gasteiger partial charge in [0.25, 0.3) is 0 Å². The van der Waals surface area contributed by atoms with Crippen LogP contribution in [0.2, 0.25) is 0 Å². The van der Waals surface area contributed by atoms with Gasteiger partial charge in [0.05, 0.1) is 10.6 Å². The molecule has 0 bridgehead atoms. The average molecular weight is 310 g/mol. The van der Waals surface area contributed by atoms with Gasteiger partial charge >= 0.3 is 0 Å². The van der Waals surface area contributed by atoms with E-state index >= 15 is 0 Å². The number of nitrogens with zero attached hydrogens (tertiary/aromatic N) is 2. The van der Waals surface area contributed by atoms with Crippen LogP contribution in [-0.2, 0) is 9.84 Å². The van der Waals surface area contributed by atoms with Gasteiger partial charge in [-0.05, 0) is 35.9 Å². The molecule has 0 saturated heterocycles. The highest BCUT2D eigenvalue weighted by Crippen LogP contribution is 2.23. The van der Waals surface area contributed by atoms with Crippen molar-refractivity contribution in [2.45, 2.75) is 4.90 Å². The van der Waals surface area contributed by atoms with Crippen molar-refractivity contribution in [2.24, 2.45) is 0 Å². The first-order chi connectivity index (χ1) is 10.5. The molecule has 0 amide bonds. The Labute approximate surface area is 129 Å². The lowest BCUT2D eigenvalue weighted by atomic mass is 10.1. The normalized spacial score (nSPS) is 11.3. The number of rotatable bonds is 3. The van der Waals surface area contributed by atoms with Crippen molar-refractivity contribution in [2.75, 3.05) is 6.26 Å². The van der Waals surface area contributed by atoms with Gasteiger partial charge in [-0.1, -0.05) is 18.2 Å². The maximum Gasteiger partial charge on any atom is 0.175 e. The van der Waals surface area contributed by atoms with Gasteiger partial charge < -0.3 is 0 Å². The number of aromatic nitrogens is 2. The fraction of sp³-hybridized carbons (Fsp3) is 0.0588. The van der Waals surface area contributed by atoms with E-state index in [1.807, 2.05) is 24.3 Å². The van der Waals surface area contributed by atoms with Crippen molar-refractivity contribution in [1.82, 2.24) is 9.97 Å². The van der Waals surface area contributed by atoms with Gasteiger partial charge in [0.15, 0.2) is 9.84 Å². The highest BCUT2D eigenvalue weighted by Gasteiger charge is 2.07. The predicted molar refractivity (Wildman–Crippen MR) is 86.0 cm³/mol. The first kappa shape index (κ1) is 14.4. The van der Waals surface area contributed by atoms with Gasteiger partial charge in [-0.3, -0.25) is 9.97 Å². The number of benzene rings is 1. The van der Waals surface area contributed by atoms with Crippen LogP contribution >= 0.6 is 0 Å². The van der Waals surface area contributed by atoms with Gasteiger partial charge in [-0.2, -0.15) is 0 Å². The average Bonchev–Trinajstić information content (AvgIpc) is 2.55. The quantitative estimate of drug-likeness (QED) is 0.745. The molecule has 0 unspecified atom stereocenters. The Hall–Kier alpha value is -2.53. The summed E-state index contributed by atoms with van der Waals surface area (Å²) in [4.78, 5) is 8.83. The Balaban J connectivity index is 1.90. The molecule has 0 spiro atoms. The first-order valence-electron chi connectivity index (χ1n) is 6.71. The lowest BCUT2D eigenvalue weighted by Gasteiger charge is -2.05. The molecule has 0 aliphatic rings. The van der Waals surface area contributed by atoms with Crippen molar-refractivity contribution in [1.29, 1.82) is 0 Å². The number of pyridine rings is 2. The molecule has 3 rings (SSSR count). The highest BCUT2D eigenvalue weighted by atomic mass is 32.2. The summed E-state index contributed by atoms with van der Waals surface area (Å²) in [6.07, 6.45) is 6.47. The Morgan fingerprint density at radius 2 is 1.55 bits per heavy atom. The van der Waals surface area contributed by atoms with E-state index in [2.05, 4.69) is 9.97 Å². The minimum absolute atomic E-state index is 0.316. The molecule has 0 radical (unpaired) electrons. The van der Waals surface area contributed by atoms with E-state index in [4.69, 9.17) is 0 Å². The lowest BCUT2D eigenvalue weighted by Crippen LogP contribution is -1.96. The SMILES string of the molecule is CS(=O)(=O)c1ccc(-c2ccc(-c3cccnc3)nc2)cc1. The van der Waals surface area contributed by atoms with Gasteiger partial charge in [0, 0.05) is 36.0 Å². The van der Waals surface area contributed by atoms with Crippen LogP contribution in [0.1, 0.15) is 0 Å². The van der Waals surface area contributed by atoms with E-state index in [1.54, 1.807) is 42.9 Å². The molecule has 3 aromatic rings. The molecule has 0 aliphatic carbocycles. The monoisotopic (exact) mass is 310 g/mol. The van der Waals surface area contributed by atoms with Crippen molar-refractivity contribution in [3.8, 4) is 22.4 Å². The van der Waals surface area contributed by atoms with Crippen LogP contribution in [0.5, 0.6) is 0 Å². The standard InChI is InChI=1S/C17H14N2O2S/c1-22(20,21)16-7-4-13(5-8-16)14-6-9-17(19-12-14)15-3-2-10-18-11-15/h2-12H,1H3. The van der Waals surface area contributed by atoms with E-state index in [0.29, 0.717) is 4.90 Å². The molecule has 2 heterocycles. The summed E-state index contributed by atoms with van der Waals surface area (Å²) in [5.41, 5.74) is 3.68. The number of sulfone groups is 1. The number of hydrogen-bond donors (Lipinski definition) is 0. The summed E-state index contributed by atoms with van der Waals surface area (Å²) in [5.74, 6) is 0. The van der Waals surface area contributed by atoms with Crippen LogP contribution in [0.15, 0.2) is 72.0 Å². The molecule has 0 fully saturated rings. The fourth-order valence-electron chi connectivity index (χ4n) is 2.14. The summed E-state index contributed by atoms with van der Waals surface area (Å²) in [6.45, 7) is 0. The molecule has 0 atom stereocenters. The van der Waals surface area contributed by atoms with E-state index in [9.17, 15) is 8.42 Å². The zero-order valence-electron chi connectivity index (χ0n) is 12.0. The zero-order valence-corrected chi connectivity index (χ0v) is 12.8. The highest BCUT2D eigenvalue weighted by molar-refractivity contribution is 7.90. The molecule has 5 heteroatoms. The maximum atomic E-state index is 11.5. The molecule has 4 nitrogen and oxygen atoms in total. The summed E-state index contributed by atoms with van der Waals surface area (Å²) in [6, 6.07) is 14.5. The molecular weight excluding hydrogens is 296 g/mol. The van der Waals surface area contributed by atoms with E-state index in [1.165, 1.54) is 6.26 Å². The molecule has 110 valence electrons. The third-order valence-electron chi connectivity index (χ3n) is 3.34. The molecule has 0 N–H and O–H groups in total. The second-order valence-electron chi connectivity index (χ2n) is 4.97.